The molecule has 0 aliphatic carbocycles. The van der Waals surface area contributed by atoms with E-state index in [1.54, 1.807) is 23.6 Å². The van der Waals surface area contributed by atoms with Gasteiger partial charge >= 0.3 is 5.97 Å². The highest BCUT2D eigenvalue weighted by Gasteiger charge is 2.35. The van der Waals surface area contributed by atoms with Gasteiger partial charge in [-0.1, -0.05) is 91.9 Å². The van der Waals surface area contributed by atoms with Crippen molar-refractivity contribution in [3.63, 3.8) is 0 Å². The van der Waals surface area contributed by atoms with E-state index >= 15 is 0 Å². The number of esters is 1. The first-order valence-electron chi connectivity index (χ1n) is 15.7. The van der Waals surface area contributed by atoms with Crippen LogP contribution in [0, 0.1) is 18.5 Å². The van der Waals surface area contributed by atoms with Gasteiger partial charge in [-0.3, -0.25) is 9.36 Å². The van der Waals surface area contributed by atoms with Crippen molar-refractivity contribution in [3.05, 3.63) is 157 Å². The van der Waals surface area contributed by atoms with Gasteiger partial charge in [0.15, 0.2) is 4.80 Å². The molecule has 0 amide bonds. The van der Waals surface area contributed by atoms with Crippen LogP contribution in [0.25, 0.3) is 11.8 Å². The van der Waals surface area contributed by atoms with Crippen molar-refractivity contribution in [1.29, 1.82) is 5.26 Å². The van der Waals surface area contributed by atoms with Gasteiger partial charge in [0.05, 0.1) is 43.7 Å². The van der Waals surface area contributed by atoms with E-state index in [1.165, 1.54) is 11.3 Å². The number of rotatable bonds is 9. The second-order valence-electron chi connectivity index (χ2n) is 11.7. The zero-order chi connectivity index (χ0) is 34.7. The third-order valence-electron chi connectivity index (χ3n) is 8.08. The van der Waals surface area contributed by atoms with E-state index in [-0.39, 0.29) is 12.2 Å². The Kier molecular flexibility index (Phi) is 10.8. The zero-order valence-corrected chi connectivity index (χ0v) is 32.1. The maximum atomic E-state index is 14.5. The van der Waals surface area contributed by atoms with Crippen LogP contribution in [-0.4, -0.2) is 17.1 Å². The third kappa shape index (κ3) is 7.44. The van der Waals surface area contributed by atoms with Crippen LogP contribution >= 0.6 is 56.5 Å². The average Bonchev–Trinajstić information content (AvgIpc) is 3.41. The van der Waals surface area contributed by atoms with Gasteiger partial charge in [0, 0.05) is 14.7 Å². The van der Waals surface area contributed by atoms with Crippen LogP contribution in [0.1, 0.15) is 66.1 Å². The molecule has 0 saturated carbocycles. The predicted octanol–water partition coefficient (Wildman–Crippen LogP) is 7.72. The Morgan fingerprint density at radius 2 is 1.76 bits per heavy atom. The molecule has 0 saturated heterocycles. The van der Waals surface area contributed by atoms with E-state index in [0.717, 1.165) is 35.0 Å². The largest absolute Gasteiger partial charge is 0.487 e. The molecule has 0 spiro atoms. The molecule has 0 N–H and O–H groups in total. The summed E-state index contributed by atoms with van der Waals surface area (Å²) >= 11 is 5.79. The fourth-order valence-electron chi connectivity index (χ4n) is 5.63. The van der Waals surface area contributed by atoms with Crippen LogP contribution in [-0.2, 0) is 16.1 Å². The van der Waals surface area contributed by atoms with Gasteiger partial charge in [-0.15, -0.1) is 0 Å². The van der Waals surface area contributed by atoms with Gasteiger partial charge in [0.25, 0.3) is 5.56 Å². The summed E-state index contributed by atoms with van der Waals surface area (Å²) in [5.41, 5.74) is 5.50. The van der Waals surface area contributed by atoms with Gasteiger partial charge in [0.2, 0.25) is 0 Å². The molecule has 1 aliphatic heterocycles. The number of hydrogen-bond acceptors (Lipinski definition) is 7. The smallest absolute Gasteiger partial charge is 0.338 e. The number of hydrogen-bond donors (Lipinski definition) is 0. The van der Waals surface area contributed by atoms with E-state index in [1.807, 2.05) is 84.9 Å². The minimum absolute atomic E-state index is 0.185. The molecule has 6 rings (SSSR count). The first kappa shape index (κ1) is 34.8. The Morgan fingerprint density at radius 1 is 1.04 bits per heavy atom. The molecule has 49 heavy (non-hydrogen) atoms. The number of carbonyl (C=O) groups excluding carboxylic acids is 1. The summed E-state index contributed by atoms with van der Waals surface area (Å²) in [6, 6.07) is 30.3. The molecule has 1 aliphatic rings. The van der Waals surface area contributed by atoms with Crippen molar-refractivity contribution >= 4 is 74.3 Å². The molecule has 7 nitrogen and oxygen atoms in total. The summed E-state index contributed by atoms with van der Waals surface area (Å²) in [5.74, 6) is 0.456. The maximum Gasteiger partial charge on any atom is 0.338 e. The molecule has 10 heteroatoms. The molecular formula is C39H31I2N3O4S. The lowest BCUT2D eigenvalue weighted by molar-refractivity contribution is -0.138. The first-order valence-corrected chi connectivity index (χ1v) is 18.6. The highest BCUT2D eigenvalue weighted by atomic mass is 127. The fourth-order valence-corrected chi connectivity index (χ4v) is 8.67. The van der Waals surface area contributed by atoms with Crippen molar-refractivity contribution in [3.8, 4) is 11.8 Å². The van der Waals surface area contributed by atoms with Crippen LogP contribution in [0.15, 0.2) is 106 Å². The Hall–Kier alpha value is -4.06. The summed E-state index contributed by atoms with van der Waals surface area (Å²) in [5, 5.41) is 9.16. The minimum Gasteiger partial charge on any atom is -0.487 e. The van der Waals surface area contributed by atoms with Crippen molar-refractivity contribution in [2.24, 2.45) is 4.99 Å². The summed E-state index contributed by atoms with van der Waals surface area (Å²) in [7, 11) is 0. The highest BCUT2D eigenvalue weighted by molar-refractivity contribution is 14.1. The highest BCUT2D eigenvalue weighted by Crippen LogP contribution is 2.36. The van der Waals surface area contributed by atoms with Gasteiger partial charge < -0.3 is 9.47 Å². The molecule has 0 radical (unpaired) electrons. The monoisotopic (exact) mass is 891 g/mol. The Labute approximate surface area is 315 Å². The predicted molar refractivity (Wildman–Crippen MR) is 209 cm³/mol. The second-order valence-corrected chi connectivity index (χ2v) is 15.1. The fraction of sp³-hybridized carbons (Fsp3) is 0.179. The van der Waals surface area contributed by atoms with Crippen molar-refractivity contribution in [2.45, 2.75) is 39.3 Å². The minimum atomic E-state index is -0.753. The lowest BCUT2D eigenvalue weighted by Gasteiger charge is -2.26. The normalized spacial score (nSPS) is 14.3. The third-order valence-corrected chi connectivity index (χ3v) is 10.5. The number of fused-ring (bicyclic) bond motifs is 1. The standard InChI is InChI=1S/C39H31I2N3O4S/c1-4-47-38(46)33-34(27-8-6-5-7-9-27)43-39-44(35(33)28-16-14-26(15-17-28)23(2)3)37(45)32(49-39)19-29-18-30(40)20-31(41)36(29)48-22-25-12-10-24(21-42)11-13-25/h5-20,23,35H,4,22H2,1-3H3/b32-19-/t35-/m0/s1. The topological polar surface area (TPSA) is 93.7 Å². The van der Waals surface area contributed by atoms with Gasteiger partial charge in [-0.2, -0.15) is 5.26 Å². The number of benzene rings is 4. The number of thiazole rings is 1. The van der Waals surface area contributed by atoms with Crippen LogP contribution < -0.4 is 19.6 Å². The van der Waals surface area contributed by atoms with E-state index in [9.17, 15) is 9.59 Å². The molecule has 1 atom stereocenters. The quantitative estimate of drug-likeness (QED) is 0.112. The number of halogens is 2. The molecule has 246 valence electrons. The number of nitriles is 1. The SMILES string of the molecule is CCOC(=O)C1=C(c2ccccc2)N=c2s/c(=C\c3cc(I)cc(I)c3OCc3ccc(C#N)cc3)c(=O)n2[C@H]1c1ccc(C(C)C)cc1. The summed E-state index contributed by atoms with van der Waals surface area (Å²) < 4.78 is 15.9. The summed E-state index contributed by atoms with van der Waals surface area (Å²) in [6.07, 6.45) is 1.84. The van der Waals surface area contributed by atoms with Crippen LogP contribution in [0.5, 0.6) is 5.75 Å². The molecule has 0 fully saturated rings. The van der Waals surface area contributed by atoms with Crippen LogP contribution in [0.4, 0.5) is 0 Å². The summed E-state index contributed by atoms with van der Waals surface area (Å²) in [4.78, 5) is 33.8. The molecule has 2 heterocycles. The second kappa shape index (κ2) is 15.2. The molecular weight excluding hydrogens is 860 g/mol. The van der Waals surface area contributed by atoms with Crippen molar-refractivity contribution in [1.82, 2.24) is 4.57 Å². The molecule has 0 unspecified atom stereocenters. The first-order chi connectivity index (χ1) is 23.7. The van der Waals surface area contributed by atoms with E-state index < -0.39 is 12.0 Å². The Balaban J connectivity index is 1.54. The number of carbonyl (C=O) groups is 1. The van der Waals surface area contributed by atoms with Gasteiger partial charge in [-0.05, 0) is 105 Å². The van der Waals surface area contributed by atoms with Gasteiger partial charge in [0.1, 0.15) is 12.4 Å². The number of ether oxygens (including phenoxy) is 2. The molecule has 4 aromatic carbocycles. The Bertz CT molecular complexity index is 2290. The van der Waals surface area contributed by atoms with Crippen molar-refractivity contribution < 1.29 is 14.3 Å². The van der Waals surface area contributed by atoms with E-state index in [0.29, 0.717) is 44.4 Å². The molecule has 5 aromatic rings. The zero-order valence-electron chi connectivity index (χ0n) is 26.9. The number of nitrogens with zero attached hydrogens (tertiary/aromatic N) is 3. The van der Waals surface area contributed by atoms with Crippen LogP contribution in [0.2, 0.25) is 0 Å². The average molecular weight is 892 g/mol. The Morgan fingerprint density at radius 3 is 2.41 bits per heavy atom. The number of aromatic nitrogens is 1. The van der Waals surface area contributed by atoms with E-state index in [2.05, 4.69) is 65.1 Å². The van der Waals surface area contributed by atoms with Gasteiger partial charge in [-0.25, -0.2) is 9.79 Å². The lowest BCUT2D eigenvalue weighted by Crippen LogP contribution is -2.40. The summed E-state index contributed by atoms with van der Waals surface area (Å²) in [6.45, 7) is 6.50. The van der Waals surface area contributed by atoms with Crippen LogP contribution in [0.3, 0.4) is 0 Å². The van der Waals surface area contributed by atoms with Crippen molar-refractivity contribution in [2.75, 3.05) is 6.61 Å². The maximum absolute atomic E-state index is 14.5. The van der Waals surface area contributed by atoms with E-state index in [4.69, 9.17) is 19.7 Å². The lowest BCUT2D eigenvalue weighted by atomic mass is 9.91. The molecule has 1 aromatic heterocycles. The molecule has 0 bridgehead atoms.